The number of nitrogen functional groups attached to an aromatic ring is 1. The van der Waals surface area contributed by atoms with E-state index in [0.717, 1.165) is 11.3 Å². The van der Waals surface area contributed by atoms with E-state index in [1.807, 2.05) is 26.0 Å². The van der Waals surface area contributed by atoms with Crippen LogP contribution < -0.4 is 11.1 Å². The third-order valence-corrected chi connectivity index (χ3v) is 3.35. The zero-order valence-electron chi connectivity index (χ0n) is 10.2. The maximum atomic E-state index is 13.3. The number of anilines is 3. The quantitative estimate of drug-likeness (QED) is 0.800. The Kier molecular flexibility index (Phi) is 3.57. The van der Waals surface area contributed by atoms with Crippen LogP contribution in [0.2, 0.25) is 0 Å². The highest BCUT2D eigenvalue weighted by Gasteiger charge is 2.07. The average molecular weight is 309 g/mol. The standard InChI is InChI=1S/C14H14BrFN2/c1-8-3-4-13(9(2)5-8)18-14-6-10(15)11(16)7-12(14)17/h3-7,18H,17H2,1-2H3. The first kappa shape index (κ1) is 12.9. The summed E-state index contributed by atoms with van der Waals surface area (Å²) in [6.45, 7) is 4.06. The van der Waals surface area contributed by atoms with Crippen molar-refractivity contribution in [3.8, 4) is 0 Å². The SMILES string of the molecule is Cc1ccc(Nc2cc(Br)c(F)cc2N)c(C)c1. The summed E-state index contributed by atoms with van der Waals surface area (Å²) in [6.07, 6.45) is 0. The van der Waals surface area contributed by atoms with Crippen molar-refractivity contribution < 1.29 is 4.39 Å². The van der Waals surface area contributed by atoms with Crippen molar-refractivity contribution in [1.29, 1.82) is 0 Å². The summed E-state index contributed by atoms with van der Waals surface area (Å²) < 4.78 is 13.7. The summed E-state index contributed by atoms with van der Waals surface area (Å²) >= 11 is 3.15. The average Bonchev–Trinajstić information content (AvgIpc) is 2.29. The molecule has 3 N–H and O–H groups in total. The number of hydrogen-bond acceptors (Lipinski definition) is 2. The minimum Gasteiger partial charge on any atom is -0.397 e. The number of aryl methyl sites for hydroxylation is 2. The van der Waals surface area contributed by atoms with Crippen molar-refractivity contribution in [3.05, 3.63) is 51.7 Å². The largest absolute Gasteiger partial charge is 0.397 e. The molecule has 0 bridgehead atoms. The Bertz CT molecular complexity index is 597. The molecule has 0 saturated carbocycles. The van der Waals surface area contributed by atoms with Gasteiger partial charge in [-0.05, 0) is 47.5 Å². The number of benzene rings is 2. The number of nitrogens with one attached hydrogen (secondary N) is 1. The molecule has 0 unspecified atom stereocenters. The van der Waals surface area contributed by atoms with Crippen LogP contribution in [-0.2, 0) is 0 Å². The number of hydrogen-bond donors (Lipinski definition) is 2. The second-order valence-electron chi connectivity index (χ2n) is 4.30. The van der Waals surface area contributed by atoms with E-state index in [4.69, 9.17) is 5.73 Å². The molecular weight excluding hydrogens is 295 g/mol. The van der Waals surface area contributed by atoms with Gasteiger partial charge < -0.3 is 11.1 Å². The van der Waals surface area contributed by atoms with Gasteiger partial charge in [0.05, 0.1) is 15.8 Å². The van der Waals surface area contributed by atoms with E-state index in [1.165, 1.54) is 11.6 Å². The molecule has 0 radical (unpaired) electrons. The second kappa shape index (κ2) is 4.98. The van der Waals surface area contributed by atoms with Crippen molar-refractivity contribution in [2.75, 3.05) is 11.1 Å². The van der Waals surface area contributed by atoms with E-state index in [2.05, 4.69) is 27.3 Å². The first-order valence-electron chi connectivity index (χ1n) is 5.56. The Balaban J connectivity index is 2.37. The monoisotopic (exact) mass is 308 g/mol. The molecule has 4 heteroatoms. The summed E-state index contributed by atoms with van der Waals surface area (Å²) in [5.74, 6) is -0.362. The molecule has 0 aliphatic heterocycles. The molecule has 0 saturated heterocycles. The number of halogens is 2. The van der Waals surface area contributed by atoms with Crippen molar-refractivity contribution in [2.24, 2.45) is 0 Å². The van der Waals surface area contributed by atoms with Gasteiger partial charge in [0.15, 0.2) is 0 Å². The predicted octanol–water partition coefficient (Wildman–Crippen LogP) is 4.53. The van der Waals surface area contributed by atoms with Gasteiger partial charge >= 0.3 is 0 Å². The Morgan fingerprint density at radius 1 is 1.11 bits per heavy atom. The van der Waals surface area contributed by atoms with E-state index < -0.39 is 0 Å². The van der Waals surface area contributed by atoms with Gasteiger partial charge in [0.25, 0.3) is 0 Å². The molecule has 2 rings (SSSR count). The smallest absolute Gasteiger partial charge is 0.139 e. The van der Waals surface area contributed by atoms with E-state index in [1.54, 1.807) is 6.07 Å². The van der Waals surface area contributed by atoms with Gasteiger partial charge in [-0.15, -0.1) is 0 Å². The van der Waals surface area contributed by atoms with Gasteiger partial charge in [0.1, 0.15) is 5.82 Å². The lowest BCUT2D eigenvalue weighted by Gasteiger charge is -2.13. The molecule has 0 atom stereocenters. The Labute approximate surface area is 114 Å². The lowest BCUT2D eigenvalue weighted by Crippen LogP contribution is -1.99. The maximum absolute atomic E-state index is 13.3. The first-order valence-corrected chi connectivity index (χ1v) is 6.35. The fraction of sp³-hybridized carbons (Fsp3) is 0.143. The van der Waals surface area contributed by atoms with Crippen LogP contribution in [0.3, 0.4) is 0 Å². The van der Waals surface area contributed by atoms with Crippen LogP contribution in [0.1, 0.15) is 11.1 Å². The van der Waals surface area contributed by atoms with Crippen molar-refractivity contribution >= 4 is 33.0 Å². The molecule has 0 heterocycles. The van der Waals surface area contributed by atoms with Crippen LogP contribution in [0.5, 0.6) is 0 Å². The van der Waals surface area contributed by atoms with E-state index in [9.17, 15) is 4.39 Å². The molecule has 0 spiro atoms. The van der Waals surface area contributed by atoms with Crippen LogP contribution in [0.4, 0.5) is 21.5 Å². The summed E-state index contributed by atoms with van der Waals surface area (Å²) in [4.78, 5) is 0. The molecule has 18 heavy (non-hydrogen) atoms. The zero-order valence-corrected chi connectivity index (χ0v) is 11.8. The Hall–Kier alpha value is -1.55. The summed E-state index contributed by atoms with van der Waals surface area (Å²) in [6, 6.07) is 9.03. The van der Waals surface area contributed by atoms with Gasteiger partial charge in [0.2, 0.25) is 0 Å². The van der Waals surface area contributed by atoms with Crippen LogP contribution in [0, 0.1) is 19.7 Å². The van der Waals surface area contributed by atoms with Crippen LogP contribution in [-0.4, -0.2) is 0 Å². The molecule has 0 aliphatic rings. The van der Waals surface area contributed by atoms with Crippen LogP contribution >= 0.6 is 15.9 Å². The third-order valence-electron chi connectivity index (χ3n) is 2.74. The molecule has 0 amide bonds. The lowest BCUT2D eigenvalue weighted by molar-refractivity contribution is 0.622. The molecule has 0 fully saturated rings. The normalized spacial score (nSPS) is 10.4. The Morgan fingerprint density at radius 3 is 2.50 bits per heavy atom. The van der Waals surface area contributed by atoms with Crippen LogP contribution in [0.25, 0.3) is 0 Å². The number of nitrogens with two attached hydrogens (primary N) is 1. The minimum atomic E-state index is -0.362. The highest BCUT2D eigenvalue weighted by Crippen LogP contribution is 2.30. The van der Waals surface area contributed by atoms with Crippen molar-refractivity contribution in [2.45, 2.75) is 13.8 Å². The molecule has 2 nitrogen and oxygen atoms in total. The summed E-state index contributed by atoms with van der Waals surface area (Å²) in [7, 11) is 0. The zero-order chi connectivity index (χ0) is 13.3. The molecule has 0 aliphatic carbocycles. The first-order chi connectivity index (χ1) is 8.47. The molecule has 2 aromatic rings. The van der Waals surface area contributed by atoms with Crippen molar-refractivity contribution in [1.82, 2.24) is 0 Å². The van der Waals surface area contributed by atoms with Gasteiger partial charge in [0, 0.05) is 11.8 Å². The second-order valence-corrected chi connectivity index (χ2v) is 5.15. The molecule has 94 valence electrons. The van der Waals surface area contributed by atoms with Gasteiger partial charge in [-0.1, -0.05) is 17.7 Å². The summed E-state index contributed by atoms with van der Waals surface area (Å²) in [5.41, 5.74) is 10.2. The van der Waals surface area contributed by atoms with E-state index >= 15 is 0 Å². The predicted molar refractivity (Wildman–Crippen MR) is 77.7 cm³/mol. The third kappa shape index (κ3) is 2.64. The van der Waals surface area contributed by atoms with Gasteiger partial charge in [-0.3, -0.25) is 0 Å². The highest BCUT2D eigenvalue weighted by atomic mass is 79.9. The van der Waals surface area contributed by atoms with Crippen molar-refractivity contribution in [3.63, 3.8) is 0 Å². The maximum Gasteiger partial charge on any atom is 0.139 e. The summed E-state index contributed by atoms with van der Waals surface area (Å²) in [5, 5.41) is 3.21. The number of rotatable bonds is 2. The van der Waals surface area contributed by atoms with Gasteiger partial charge in [-0.2, -0.15) is 0 Å². The van der Waals surface area contributed by atoms with E-state index in [-0.39, 0.29) is 5.82 Å². The fourth-order valence-electron chi connectivity index (χ4n) is 1.77. The molecular formula is C14H14BrFN2. The van der Waals surface area contributed by atoms with E-state index in [0.29, 0.717) is 15.8 Å². The minimum absolute atomic E-state index is 0.362. The van der Waals surface area contributed by atoms with Crippen LogP contribution in [0.15, 0.2) is 34.8 Å². The Morgan fingerprint density at radius 2 is 1.83 bits per heavy atom. The fourth-order valence-corrected chi connectivity index (χ4v) is 2.11. The topological polar surface area (TPSA) is 38.0 Å². The lowest BCUT2D eigenvalue weighted by atomic mass is 10.1. The molecule has 0 aromatic heterocycles. The molecule has 2 aromatic carbocycles. The van der Waals surface area contributed by atoms with Gasteiger partial charge in [-0.25, -0.2) is 4.39 Å². The highest BCUT2D eigenvalue weighted by molar-refractivity contribution is 9.10.